The van der Waals surface area contributed by atoms with E-state index < -0.39 is 42.9 Å². The highest BCUT2D eigenvalue weighted by molar-refractivity contribution is 5.60. The Morgan fingerprint density at radius 1 is 0.475 bits per heavy atom. The number of carbonyl (C=O) groups excluding carboxylic acids is 3. The van der Waals surface area contributed by atoms with Crippen LogP contribution in [0.5, 0.6) is 0 Å². The molecule has 0 saturated carbocycles. The number of carbonyl (C=O) groups is 3. The van der Waals surface area contributed by atoms with Crippen LogP contribution in [0.15, 0.2) is 0 Å². The molecule has 0 fully saturated rings. The van der Waals surface area contributed by atoms with E-state index in [-0.39, 0.29) is 70.1 Å². The van der Waals surface area contributed by atoms with Gasteiger partial charge in [0.25, 0.3) is 0 Å². The van der Waals surface area contributed by atoms with Gasteiger partial charge in [-0.15, -0.1) is 0 Å². The highest BCUT2D eigenvalue weighted by Gasteiger charge is 2.21. The van der Waals surface area contributed by atoms with Crippen LogP contribution in [0.25, 0.3) is 0 Å². The van der Waals surface area contributed by atoms with Gasteiger partial charge in [-0.3, -0.25) is 0 Å². The van der Waals surface area contributed by atoms with Gasteiger partial charge in [0.15, 0.2) is 0 Å². The number of hydrogen-bond donors (Lipinski definition) is 0. The second kappa shape index (κ2) is 21.4. The van der Waals surface area contributed by atoms with Gasteiger partial charge in [-0.2, -0.15) is 0 Å². The lowest BCUT2D eigenvalue weighted by Gasteiger charge is -2.25. The van der Waals surface area contributed by atoms with Crippen molar-refractivity contribution in [3.05, 3.63) is 0 Å². The zero-order chi connectivity index (χ0) is 30.7. The highest BCUT2D eigenvalue weighted by atomic mass is 16.7. The molecule has 0 radical (unpaired) electrons. The Labute approximate surface area is 239 Å². The minimum absolute atomic E-state index is 0.00792. The topological polar surface area (TPSA) is 134 Å². The first-order valence-electron chi connectivity index (χ1n) is 14.0. The third-order valence-corrected chi connectivity index (χ3v) is 5.16. The van der Waals surface area contributed by atoms with Crippen molar-refractivity contribution in [3.63, 3.8) is 0 Å². The maximum absolute atomic E-state index is 11.9. The van der Waals surface area contributed by atoms with Gasteiger partial charge in [-0.05, 0) is 45.4 Å². The fourth-order valence-electron chi connectivity index (χ4n) is 2.56. The Hall–Kier alpha value is -2.31. The number of rotatable bonds is 20. The van der Waals surface area contributed by atoms with E-state index in [0.29, 0.717) is 0 Å². The molecular weight excluding hydrogens is 528 g/mol. The van der Waals surface area contributed by atoms with Crippen molar-refractivity contribution in [1.29, 1.82) is 0 Å². The molecule has 0 aliphatic heterocycles. The second-order valence-corrected chi connectivity index (χ2v) is 11.0. The van der Waals surface area contributed by atoms with Crippen molar-refractivity contribution in [3.8, 4) is 0 Å². The lowest BCUT2D eigenvalue weighted by Crippen LogP contribution is -2.35. The van der Waals surface area contributed by atoms with Crippen molar-refractivity contribution in [2.45, 2.75) is 99.8 Å². The molecule has 0 aliphatic rings. The maximum atomic E-state index is 11.9. The summed E-state index contributed by atoms with van der Waals surface area (Å²) in [5, 5.41) is 0. The number of ether oxygens (including phenoxy) is 9. The molecule has 0 aromatic rings. The van der Waals surface area contributed by atoms with E-state index in [1.54, 1.807) is 27.7 Å². The molecule has 0 saturated heterocycles. The van der Waals surface area contributed by atoms with Crippen LogP contribution in [0.2, 0.25) is 0 Å². The molecule has 0 N–H and O–H groups in total. The summed E-state index contributed by atoms with van der Waals surface area (Å²) in [6, 6.07) is 0. The Morgan fingerprint density at radius 3 is 1.25 bits per heavy atom. The monoisotopic (exact) mass is 580 g/mol. The highest BCUT2D eigenvalue weighted by Crippen LogP contribution is 2.09. The molecule has 236 valence electrons. The van der Waals surface area contributed by atoms with E-state index in [2.05, 4.69) is 0 Å². The van der Waals surface area contributed by atoms with Gasteiger partial charge < -0.3 is 42.6 Å². The molecule has 5 atom stereocenters. The number of hydrogen-bond acceptors (Lipinski definition) is 12. The Balaban J connectivity index is 4.78. The minimum Gasteiger partial charge on any atom is -0.434 e. The summed E-state index contributed by atoms with van der Waals surface area (Å²) in [7, 11) is 0. The van der Waals surface area contributed by atoms with E-state index in [1.807, 2.05) is 41.5 Å². The van der Waals surface area contributed by atoms with Crippen LogP contribution >= 0.6 is 0 Å². The smallest absolute Gasteiger partial charge is 0.434 e. The molecule has 0 spiro atoms. The molecule has 0 aliphatic carbocycles. The fourth-order valence-corrected chi connectivity index (χ4v) is 2.56. The van der Waals surface area contributed by atoms with Crippen LogP contribution in [0.4, 0.5) is 14.4 Å². The normalized spacial score (nSPS) is 15.2. The summed E-state index contributed by atoms with van der Waals surface area (Å²) in [5.74, 6) is 0.555. The summed E-state index contributed by atoms with van der Waals surface area (Å²) >= 11 is 0. The summed E-state index contributed by atoms with van der Waals surface area (Å²) < 4.78 is 48.1. The molecule has 12 nitrogen and oxygen atoms in total. The van der Waals surface area contributed by atoms with Crippen LogP contribution in [-0.2, 0) is 42.6 Å². The summed E-state index contributed by atoms with van der Waals surface area (Å²) in [6.07, 6.45) is -4.54. The van der Waals surface area contributed by atoms with Gasteiger partial charge in [0.05, 0.1) is 44.7 Å². The standard InChI is InChI=1S/C28H52O12/c1-18(2)11-34-26(29)36-13-21(7)32-16-25(39-23(9)15-37-27(30)35-12-19(3)4)17-33-22(8)14-38-28(31)40-24(10)20(5)6/h18-25H,11-17H2,1-10H3. The van der Waals surface area contributed by atoms with E-state index in [1.165, 1.54) is 0 Å². The largest absolute Gasteiger partial charge is 0.508 e. The predicted molar refractivity (Wildman–Crippen MR) is 146 cm³/mol. The van der Waals surface area contributed by atoms with Crippen LogP contribution < -0.4 is 0 Å². The lowest BCUT2D eigenvalue weighted by atomic mass is 10.1. The van der Waals surface area contributed by atoms with Gasteiger partial charge in [0, 0.05) is 0 Å². The Morgan fingerprint density at radius 2 is 0.850 bits per heavy atom. The molecule has 0 rings (SSSR count). The molecule has 0 aromatic heterocycles. The Bertz CT molecular complexity index is 697. The van der Waals surface area contributed by atoms with Crippen molar-refractivity contribution in [1.82, 2.24) is 0 Å². The first kappa shape index (κ1) is 37.7. The van der Waals surface area contributed by atoms with Crippen LogP contribution in [0.1, 0.15) is 69.2 Å². The molecule has 12 heteroatoms. The zero-order valence-electron chi connectivity index (χ0n) is 26.0. The first-order valence-corrected chi connectivity index (χ1v) is 14.0. The van der Waals surface area contributed by atoms with Gasteiger partial charge >= 0.3 is 18.5 Å². The minimum atomic E-state index is -0.771. The van der Waals surface area contributed by atoms with E-state index in [4.69, 9.17) is 42.6 Å². The van der Waals surface area contributed by atoms with E-state index >= 15 is 0 Å². The lowest BCUT2D eigenvalue weighted by molar-refractivity contribution is -0.127. The molecule has 0 aromatic carbocycles. The summed E-state index contributed by atoms with van der Waals surface area (Å²) in [4.78, 5) is 35.3. The van der Waals surface area contributed by atoms with E-state index in [0.717, 1.165) is 0 Å². The van der Waals surface area contributed by atoms with Gasteiger partial charge in [-0.25, -0.2) is 14.4 Å². The van der Waals surface area contributed by atoms with Crippen molar-refractivity contribution < 1.29 is 57.0 Å². The SMILES string of the molecule is CC(C)COC(=O)OCC(C)OCC(COC(C)COC(=O)OC(C)C(C)C)OC(C)COC(=O)OCC(C)C. The summed E-state index contributed by atoms with van der Waals surface area (Å²) in [5.41, 5.74) is 0. The average molecular weight is 581 g/mol. The average Bonchev–Trinajstić information content (AvgIpc) is 2.88. The van der Waals surface area contributed by atoms with Crippen molar-refractivity contribution in [2.24, 2.45) is 17.8 Å². The third kappa shape index (κ3) is 21.5. The Kier molecular flexibility index (Phi) is 20.2. The first-order chi connectivity index (χ1) is 18.7. The van der Waals surface area contributed by atoms with Crippen molar-refractivity contribution in [2.75, 3.05) is 46.2 Å². The molecule has 5 unspecified atom stereocenters. The van der Waals surface area contributed by atoms with E-state index in [9.17, 15) is 14.4 Å². The van der Waals surface area contributed by atoms with Crippen LogP contribution in [0, 0.1) is 17.8 Å². The van der Waals surface area contributed by atoms with Gasteiger partial charge in [-0.1, -0.05) is 41.5 Å². The molecule has 0 bridgehead atoms. The van der Waals surface area contributed by atoms with Crippen LogP contribution in [-0.4, -0.2) is 95.2 Å². The van der Waals surface area contributed by atoms with Gasteiger partial charge in [0.1, 0.15) is 32.0 Å². The zero-order valence-corrected chi connectivity index (χ0v) is 26.0. The molecule has 0 heterocycles. The second-order valence-electron chi connectivity index (χ2n) is 11.0. The molecule has 0 amide bonds. The molecule has 40 heavy (non-hydrogen) atoms. The fraction of sp³-hybridized carbons (Fsp3) is 0.893. The maximum Gasteiger partial charge on any atom is 0.508 e. The van der Waals surface area contributed by atoms with Crippen molar-refractivity contribution >= 4 is 18.5 Å². The predicted octanol–water partition coefficient (Wildman–Crippen LogP) is 5.39. The van der Waals surface area contributed by atoms with Gasteiger partial charge in [0.2, 0.25) is 0 Å². The molecular formula is C28H52O12. The third-order valence-electron chi connectivity index (χ3n) is 5.16. The summed E-state index contributed by atoms with van der Waals surface area (Å²) in [6.45, 7) is 19.2. The quantitative estimate of drug-likeness (QED) is 0.135. The van der Waals surface area contributed by atoms with Crippen LogP contribution in [0.3, 0.4) is 0 Å².